The van der Waals surface area contributed by atoms with Crippen molar-refractivity contribution >= 4 is 56.2 Å². The molecule has 2 atom stereocenters. The number of aliphatic carboxylic acids is 1. The maximum Gasteiger partial charge on any atom is 0.300 e. The number of guanidine groups is 1. The molecule has 0 bridgehead atoms. The van der Waals surface area contributed by atoms with Crippen LogP contribution in [0.4, 0.5) is 0 Å². The molecule has 15 nitrogen and oxygen atoms in total. The number of hydrogen-bond donors (Lipinski definition) is 6. The third-order valence-electron chi connectivity index (χ3n) is 8.62. The second kappa shape index (κ2) is 18.2. The molecule has 52 heavy (non-hydrogen) atoms. The number of carboxylic acids is 1. The van der Waals surface area contributed by atoms with Crippen LogP contribution in [0.2, 0.25) is 0 Å². The summed E-state index contributed by atoms with van der Waals surface area (Å²) in [6.45, 7) is 2.54. The van der Waals surface area contributed by atoms with Gasteiger partial charge in [-0.05, 0) is 54.5 Å². The predicted octanol–water partition coefficient (Wildman–Crippen LogP) is 1.68. The molecule has 5 rings (SSSR count). The van der Waals surface area contributed by atoms with Crippen LogP contribution < -0.4 is 21.1 Å². The van der Waals surface area contributed by atoms with E-state index in [1.54, 1.807) is 41.3 Å². The summed E-state index contributed by atoms with van der Waals surface area (Å²) in [5.74, 6) is -3.45. The Labute approximate surface area is 302 Å². The second-order valence-electron chi connectivity index (χ2n) is 12.8. The maximum absolute atomic E-state index is 14.0. The summed E-state index contributed by atoms with van der Waals surface area (Å²) >= 11 is 0. The number of piperidine rings is 1. The number of carbonyl (C=O) groups is 5. The minimum Gasteiger partial charge on any atom is -0.481 e. The molecular weight excluding hydrogens is 691 g/mol. The number of carbonyl (C=O) groups excluding carboxylic acids is 4. The summed E-state index contributed by atoms with van der Waals surface area (Å²) in [5.41, 5.74) is 5.88. The quantitative estimate of drug-likeness (QED) is 0.0607. The van der Waals surface area contributed by atoms with Crippen LogP contribution in [0.3, 0.4) is 0 Å². The summed E-state index contributed by atoms with van der Waals surface area (Å²) in [7, 11) is -4.24. The first-order chi connectivity index (χ1) is 24.7. The van der Waals surface area contributed by atoms with E-state index in [4.69, 9.17) is 21.0 Å². The molecule has 16 heteroatoms. The monoisotopic (exact) mass is 735 g/mol. The van der Waals surface area contributed by atoms with Crippen LogP contribution in [-0.2, 0) is 29.2 Å². The zero-order valence-electron chi connectivity index (χ0n) is 28.9. The number of rotatable bonds is 14. The number of amides is 3. The first-order valence-corrected chi connectivity index (χ1v) is 18.5. The van der Waals surface area contributed by atoms with Crippen LogP contribution in [0.25, 0.3) is 10.8 Å². The molecule has 1 aliphatic carbocycles. The molecule has 0 spiro atoms. The van der Waals surface area contributed by atoms with E-state index in [2.05, 4.69) is 15.4 Å². The van der Waals surface area contributed by atoms with Crippen LogP contribution in [0.1, 0.15) is 49.4 Å². The Balaban J connectivity index is 0.00000144. The number of hydrogen-bond acceptors (Lipinski definition) is 8. The average Bonchev–Trinajstić information content (AvgIpc) is 3.97. The van der Waals surface area contributed by atoms with Gasteiger partial charge in [0.25, 0.3) is 11.9 Å². The Morgan fingerprint density at radius 3 is 2.27 bits per heavy atom. The fourth-order valence-corrected chi connectivity index (χ4v) is 7.11. The highest BCUT2D eigenvalue weighted by molar-refractivity contribution is 7.89. The van der Waals surface area contributed by atoms with Gasteiger partial charge in [0.05, 0.1) is 11.3 Å². The minimum atomic E-state index is -4.24. The highest BCUT2D eigenvalue weighted by Gasteiger charge is 2.38. The lowest BCUT2D eigenvalue weighted by atomic mass is 9.98. The van der Waals surface area contributed by atoms with Crippen molar-refractivity contribution < 1.29 is 37.5 Å². The van der Waals surface area contributed by atoms with E-state index in [1.807, 2.05) is 12.1 Å². The normalized spacial score (nSPS) is 16.1. The molecule has 1 saturated carbocycles. The number of fused-ring (bicyclic) bond motifs is 1. The van der Waals surface area contributed by atoms with Gasteiger partial charge in [0, 0.05) is 51.3 Å². The Kier molecular flexibility index (Phi) is 13.8. The molecule has 1 saturated heterocycles. The van der Waals surface area contributed by atoms with E-state index in [-0.39, 0.29) is 48.0 Å². The Morgan fingerprint density at radius 1 is 0.962 bits per heavy atom. The van der Waals surface area contributed by atoms with Gasteiger partial charge in [0.1, 0.15) is 6.04 Å². The largest absolute Gasteiger partial charge is 0.481 e. The Bertz CT molecular complexity index is 1880. The van der Waals surface area contributed by atoms with Crippen molar-refractivity contribution in [3.05, 3.63) is 78.4 Å². The molecule has 0 aromatic heterocycles. The molecule has 0 radical (unpaired) electrons. The van der Waals surface area contributed by atoms with E-state index in [0.717, 1.165) is 25.2 Å². The number of nitrogens with two attached hydrogens (primary N) is 1. The molecule has 1 aliphatic heterocycles. The van der Waals surface area contributed by atoms with Gasteiger partial charge in [-0.25, -0.2) is 8.42 Å². The summed E-state index contributed by atoms with van der Waals surface area (Å²) in [6.07, 6.45) is 2.57. The number of nitrogens with zero attached hydrogens (tertiary/aromatic N) is 2. The number of ketones is 1. The van der Waals surface area contributed by atoms with Gasteiger partial charge in [-0.1, -0.05) is 60.7 Å². The molecule has 2 fully saturated rings. The molecule has 2 aliphatic rings. The van der Waals surface area contributed by atoms with Gasteiger partial charge in [-0.15, -0.1) is 0 Å². The first kappa shape index (κ1) is 39.4. The minimum absolute atomic E-state index is 0.0239. The molecule has 7 N–H and O–H groups in total. The zero-order chi connectivity index (χ0) is 37.8. The van der Waals surface area contributed by atoms with Gasteiger partial charge in [0.15, 0.2) is 5.96 Å². The van der Waals surface area contributed by atoms with E-state index >= 15 is 0 Å². The molecule has 3 aromatic rings. The number of benzene rings is 3. The topological polar surface area (TPSA) is 232 Å². The molecular formula is C36H45N7O8S. The number of carboxylic acid groups (broad SMARTS) is 1. The summed E-state index contributed by atoms with van der Waals surface area (Å²) < 4.78 is 29.8. The van der Waals surface area contributed by atoms with Crippen molar-refractivity contribution in [3.63, 3.8) is 0 Å². The molecule has 3 amide bonds. The number of likely N-dealkylation sites (tertiary alicyclic amines) is 1. The Morgan fingerprint density at radius 2 is 1.62 bits per heavy atom. The molecule has 278 valence electrons. The third-order valence-corrected chi connectivity index (χ3v) is 10.1. The van der Waals surface area contributed by atoms with Crippen molar-refractivity contribution in [2.75, 3.05) is 32.7 Å². The fourth-order valence-electron chi connectivity index (χ4n) is 5.89. The standard InChI is InChI=1S/C34H41N7O6S.C2H4O2/c35-34(36)40-17-6-7-23(22-40)21-38-30(42)20-29(39-48(46,47)28-15-12-24-8-4-5-11-26(24)19-28)33(45)41(27-13-14-27)18-16-37-32(44)31(43)25-9-2-1-3-10-25;1-2(3)4/h1-5,8-12,15,19,23,27,29,39H,6-7,13-14,16-18,20-22H2,(H3,35,36)(H,37,44)(H,38,42);1H3,(H,3,4)/t23-,29-;/m0./s1. The van der Waals surface area contributed by atoms with Gasteiger partial charge >= 0.3 is 0 Å². The average molecular weight is 736 g/mol. The predicted molar refractivity (Wildman–Crippen MR) is 194 cm³/mol. The van der Waals surface area contributed by atoms with Crippen molar-refractivity contribution in [3.8, 4) is 0 Å². The van der Waals surface area contributed by atoms with Crippen LogP contribution in [0.5, 0.6) is 0 Å². The lowest BCUT2D eigenvalue weighted by Gasteiger charge is -2.33. The summed E-state index contributed by atoms with van der Waals surface area (Å²) in [4.78, 5) is 64.5. The van der Waals surface area contributed by atoms with E-state index < -0.39 is 52.0 Å². The second-order valence-corrected chi connectivity index (χ2v) is 14.5. The van der Waals surface area contributed by atoms with Gasteiger partial charge in [-0.3, -0.25) is 29.4 Å². The van der Waals surface area contributed by atoms with E-state index in [1.165, 1.54) is 29.2 Å². The summed E-state index contributed by atoms with van der Waals surface area (Å²) in [6, 6.07) is 18.4. The zero-order valence-corrected chi connectivity index (χ0v) is 29.7. The number of sulfonamides is 1. The smallest absolute Gasteiger partial charge is 0.300 e. The number of Topliss-reactive ketones (excluding diaryl/α,β-unsaturated/α-hetero) is 1. The van der Waals surface area contributed by atoms with Crippen molar-refractivity contribution in [1.82, 2.24) is 25.2 Å². The lowest BCUT2D eigenvalue weighted by molar-refractivity contribution is -0.136. The van der Waals surface area contributed by atoms with Crippen LogP contribution in [-0.4, -0.2) is 104 Å². The number of nitrogens with one attached hydrogen (secondary N) is 4. The van der Waals surface area contributed by atoms with Crippen molar-refractivity contribution in [1.29, 1.82) is 5.41 Å². The Hall–Kier alpha value is -5.35. The van der Waals surface area contributed by atoms with E-state index in [9.17, 15) is 27.6 Å². The van der Waals surface area contributed by atoms with Crippen LogP contribution >= 0.6 is 0 Å². The van der Waals surface area contributed by atoms with Crippen LogP contribution in [0.15, 0.2) is 77.7 Å². The third kappa shape index (κ3) is 11.6. The lowest BCUT2D eigenvalue weighted by Crippen LogP contribution is -2.53. The fraction of sp³-hybridized carbons (Fsp3) is 0.389. The highest BCUT2D eigenvalue weighted by Crippen LogP contribution is 2.28. The maximum atomic E-state index is 14.0. The van der Waals surface area contributed by atoms with Gasteiger partial charge in [-0.2, -0.15) is 4.72 Å². The summed E-state index contributed by atoms with van der Waals surface area (Å²) in [5, 5.41) is 22.1. The molecule has 3 aromatic carbocycles. The first-order valence-electron chi connectivity index (χ1n) is 17.0. The highest BCUT2D eigenvalue weighted by atomic mass is 32.2. The molecule has 1 heterocycles. The van der Waals surface area contributed by atoms with E-state index in [0.29, 0.717) is 31.3 Å². The van der Waals surface area contributed by atoms with Crippen molar-refractivity contribution in [2.45, 2.75) is 56.0 Å². The van der Waals surface area contributed by atoms with Gasteiger partial charge in [0.2, 0.25) is 27.6 Å². The van der Waals surface area contributed by atoms with Crippen LogP contribution in [0, 0.1) is 11.3 Å². The van der Waals surface area contributed by atoms with Gasteiger partial charge < -0.3 is 31.3 Å². The SMILES string of the molecule is CC(=O)O.N=C(N)N1CCC[C@@H](CNC(=O)C[C@H](NS(=O)(=O)c2ccc3ccccc3c2)C(=O)N(CCNC(=O)C(=O)c2ccccc2)C2CC2)C1. The molecule has 0 unspecified atom stereocenters. The van der Waals surface area contributed by atoms with Crippen molar-refractivity contribution in [2.24, 2.45) is 11.7 Å².